The fourth-order valence-electron chi connectivity index (χ4n) is 2.27. The third-order valence-electron chi connectivity index (χ3n) is 3.19. The molecule has 1 aliphatic heterocycles. The molecule has 6 nitrogen and oxygen atoms in total. The van der Waals surface area contributed by atoms with Crippen LogP contribution in [0.4, 0.5) is 5.69 Å². The Morgan fingerprint density at radius 2 is 2.32 bits per heavy atom. The molecule has 1 aromatic carbocycles. The van der Waals surface area contributed by atoms with E-state index in [0.29, 0.717) is 5.82 Å². The molecule has 0 saturated carbocycles. The summed E-state index contributed by atoms with van der Waals surface area (Å²) in [6.07, 6.45) is 0.915. The first-order valence-corrected chi connectivity index (χ1v) is 6.26. The number of rotatable bonds is 2. The van der Waals surface area contributed by atoms with Gasteiger partial charge in [-0.15, -0.1) is 5.10 Å². The number of amides is 1. The number of nitrogens with one attached hydrogen (secondary N) is 3. The molecule has 2 heterocycles. The maximum absolute atomic E-state index is 12.0. The van der Waals surface area contributed by atoms with Crippen molar-refractivity contribution >= 4 is 11.6 Å². The summed E-state index contributed by atoms with van der Waals surface area (Å²) in [4.78, 5) is 16.1. The highest BCUT2D eigenvalue weighted by molar-refractivity contribution is 6.02. The molecule has 19 heavy (non-hydrogen) atoms. The summed E-state index contributed by atoms with van der Waals surface area (Å²) in [7, 11) is 0. The fraction of sp³-hybridized carbons (Fsp3) is 0.308. The van der Waals surface area contributed by atoms with Crippen molar-refractivity contribution in [3.05, 3.63) is 41.0 Å². The number of aryl methyl sites for hydroxylation is 1. The lowest BCUT2D eigenvalue weighted by atomic mass is 9.99. The van der Waals surface area contributed by atoms with Gasteiger partial charge in [-0.05, 0) is 37.1 Å². The number of carbonyl (C=O) groups is 1. The average Bonchev–Trinajstić information content (AvgIpc) is 2.86. The minimum Gasteiger partial charge on any atom is -0.319 e. The van der Waals surface area contributed by atoms with Crippen LogP contribution in [0.25, 0.3) is 0 Å². The van der Waals surface area contributed by atoms with Crippen LogP contribution in [-0.2, 0) is 13.0 Å². The molecule has 1 amide bonds. The Balaban J connectivity index is 1.85. The van der Waals surface area contributed by atoms with E-state index in [1.54, 1.807) is 6.92 Å². The van der Waals surface area contributed by atoms with Crippen molar-refractivity contribution in [2.24, 2.45) is 0 Å². The van der Waals surface area contributed by atoms with Gasteiger partial charge in [0.2, 0.25) is 5.82 Å². The van der Waals surface area contributed by atoms with Crippen LogP contribution in [-0.4, -0.2) is 27.6 Å². The predicted octanol–water partition coefficient (Wildman–Crippen LogP) is 1.01. The van der Waals surface area contributed by atoms with Crippen molar-refractivity contribution in [2.75, 3.05) is 11.9 Å². The van der Waals surface area contributed by atoms with Gasteiger partial charge in [-0.3, -0.25) is 9.89 Å². The topological polar surface area (TPSA) is 82.7 Å². The Morgan fingerprint density at radius 3 is 3.11 bits per heavy atom. The fourth-order valence-corrected chi connectivity index (χ4v) is 2.27. The lowest BCUT2D eigenvalue weighted by molar-refractivity contribution is 0.101. The molecule has 0 fully saturated rings. The zero-order valence-corrected chi connectivity index (χ0v) is 10.7. The first-order chi connectivity index (χ1) is 9.24. The molecule has 0 bridgehead atoms. The Bertz CT molecular complexity index is 619. The molecule has 2 aromatic rings. The maximum atomic E-state index is 12.0. The minimum atomic E-state index is -0.281. The molecule has 3 rings (SSSR count). The van der Waals surface area contributed by atoms with Gasteiger partial charge < -0.3 is 10.6 Å². The second-order valence-corrected chi connectivity index (χ2v) is 4.57. The second-order valence-electron chi connectivity index (χ2n) is 4.57. The largest absolute Gasteiger partial charge is 0.319 e. The van der Waals surface area contributed by atoms with Crippen molar-refractivity contribution in [3.8, 4) is 0 Å². The SMILES string of the molecule is Cc1nc(C(=O)Nc2cccc3c2CCNC3)n[nH]1. The quantitative estimate of drug-likeness (QED) is 0.750. The monoisotopic (exact) mass is 257 g/mol. The Labute approximate surface area is 110 Å². The number of benzene rings is 1. The zero-order chi connectivity index (χ0) is 13.2. The second kappa shape index (κ2) is 4.81. The number of carbonyl (C=O) groups excluding carboxylic acids is 1. The van der Waals surface area contributed by atoms with Gasteiger partial charge >= 0.3 is 0 Å². The summed E-state index contributed by atoms with van der Waals surface area (Å²) >= 11 is 0. The van der Waals surface area contributed by atoms with Crippen LogP contribution >= 0.6 is 0 Å². The summed E-state index contributed by atoms with van der Waals surface area (Å²) < 4.78 is 0. The maximum Gasteiger partial charge on any atom is 0.295 e. The first-order valence-electron chi connectivity index (χ1n) is 6.26. The smallest absolute Gasteiger partial charge is 0.295 e. The van der Waals surface area contributed by atoms with Crippen molar-refractivity contribution in [1.29, 1.82) is 0 Å². The van der Waals surface area contributed by atoms with Crippen LogP contribution in [0.3, 0.4) is 0 Å². The van der Waals surface area contributed by atoms with Crippen LogP contribution in [0, 0.1) is 6.92 Å². The van der Waals surface area contributed by atoms with Crippen molar-refractivity contribution < 1.29 is 4.79 Å². The molecule has 3 N–H and O–H groups in total. The highest BCUT2D eigenvalue weighted by Crippen LogP contribution is 2.23. The van der Waals surface area contributed by atoms with E-state index in [4.69, 9.17) is 0 Å². The summed E-state index contributed by atoms with van der Waals surface area (Å²) in [6, 6.07) is 5.94. The number of fused-ring (bicyclic) bond motifs is 1. The lowest BCUT2D eigenvalue weighted by Gasteiger charge is -2.20. The summed E-state index contributed by atoms with van der Waals surface area (Å²) in [5, 5.41) is 12.7. The van der Waals surface area contributed by atoms with E-state index in [1.807, 2.05) is 12.1 Å². The molecule has 98 valence electrons. The van der Waals surface area contributed by atoms with Crippen molar-refractivity contribution in [3.63, 3.8) is 0 Å². The first kappa shape index (κ1) is 11.9. The molecule has 6 heteroatoms. The van der Waals surface area contributed by atoms with Crippen molar-refractivity contribution in [1.82, 2.24) is 20.5 Å². The molecule has 0 radical (unpaired) electrons. The van der Waals surface area contributed by atoms with Crippen LogP contribution in [0.15, 0.2) is 18.2 Å². The van der Waals surface area contributed by atoms with E-state index in [9.17, 15) is 4.79 Å². The number of aromatic nitrogens is 3. The molecule has 0 spiro atoms. The van der Waals surface area contributed by atoms with Gasteiger partial charge in [-0.2, -0.15) is 0 Å². The summed E-state index contributed by atoms with van der Waals surface area (Å²) in [5.74, 6) is 0.518. The third kappa shape index (κ3) is 2.34. The van der Waals surface area contributed by atoms with E-state index >= 15 is 0 Å². The van der Waals surface area contributed by atoms with Crippen LogP contribution < -0.4 is 10.6 Å². The van der Waals surface area contributed by atoms with E-state index in [2.05, 4.69) is 31.9 Å². The summed E-state index contributed by atoms with van der Waals surface area (Å²) in [5.41, 5.74) is 3.28. The van der Waals surface area contributed by atoms with Gasteiger partial charge in [-0.1, -0.05) is 12.1 Å². The molecule has 1 aliphatic rings. The average molecular weight is 257 g/mol. The Kier molecular flexibility index (Phi) is 3.00. The van der Waals surface area contributed by atoms with Gasteiger partial charge in [0.1, 0.15) is 5.82 Å². The molecule has 0 aliphatic carbocycles. The van der Waals surface area contributed by atoms with Crippen LogP contribution in [0.5, 0.6) is 0 Å². The third-order valence-corrected chi connectivity index (χ3v) is 3.19. The molecular formula is C13H15N5O. The van der Waals surface area contributed by atoms with Crippen LogP contribution in [0.2, 0.25) is 0 Å². The van der Waals surface area contributed by atoms with E-state index in [0.717, 1.165) is 25.2 Å². The van der Waals surface area contributed by atoms with E-state index in [1.165, 1.54) is 11.1 Å². The molecule has 0 unspecified atom stereocenters. The number of hydrogen-bond donors (Lipinski definition) is 3. The Hall–Kier alpha value is -2.21. The predicted molar refractivity (Wildman–Crippen MR) is 70.9 cm³/mol. The number of anilines is 1. The highest BCUT2D eigenvalue weighted by Gasteiger charge is 2.16. The summed E-state index contributed by atoms with van der Waals surface area (Å²) in [6.45, 7) is 3.54. The number of aromatic amines is 1. The lowest BCUT2D eigenvalue weighted by Crippen LogP contribution is -2.25. The van der Waals surface area contributed by atoms with E-state index < -0.39 is 0 Å². The standard InChI is InChI=1S/C13H15N5O/c1-8-15-12(18-17-8)13(19)16-11-4-2-3-9-7-14-6-5-10(9)11/h2-4,14H,5-7H2,1H3,(H,16,19)(H,15,17,18). The van der Waals surface area contributed by atoms with E-state index in [-0.39, 0.29) is 11.7 Å². The normalized spacial score (nSPS) is 13.9. The van der Waals surface area contributed by atoms with Gasteiger partial charge in [0.05, 0.1) is 0 Å². The number of hydrogen-bond acceptors (Lipinski definition) is 4. The van der Waals surface area contributed by atoms with Gasteiger partial charge in [-0.25, -0.2) is 4.98 Å². The molecule has 0 saturated heterocycles. The van der Waals surface area contributed by atoms with Crippen molar-refractivity contribution in [2.45, 2.75) is 19.9 Å². The number of nitrogens with zero attached hydrogens (tertiary/aromatic N) is 2. The Morgan fingerprint density at radius 1 is 1.42 bits per heavy atom. The zero-order valence-electron chi connectivity index (χ0n) is 10.7. The highest BCUT2D eigenvalue weighted by atomic mass is 16.2. The van der Waals surface area contributed by atoms with Gasteiger partial charge in [0.15, 0.2) is 0 Å². The van der Waals surface area contributed by atoms with Gasteiger partial charge in [0, 0.05) is 12.2 Å². The van der Waals surface area contributed by atoms with Crippen LogP contribution in [0.1, 0.15) is 27.6 Å². The molecular weight excluding hydrogens is 242 g/mol. The van der Waals surface area contributed by atoms with Gasteiger partial charge in [0.25, 0.3) is 5.91 Å². The molecule has 1 aromatic heterocycles. The minimum absolute atomic E-state index is 0.170. The number of H-pyrrole nitrogens is 1. The molecule has 0 atom stereocenters.